The molecule has 28 rings (SSSR count). The molecule has 0 bridgehead atoms. The maximum absolute atomic E-state index is 6.27. The van der Waals surface area contributed by atoms with E-state index in [9.17, 15) is 0 Å². The molecular formula is C134H108BBr2N7O2. The van der Waals surface area contributed by atoms with E-state index in [4.69, 9.17) is 14.3 Å². The number of halogens is 2. The van der Waals surface area contributed by atoms with Gasteiger partial charge >= 0.3 is 7.12 Å². The highest BCUT2D eigenvalue weighted by molar-refractivity contribution is 9.10. The highest BCUT2D eigenvalue weighted by atomic mass is 79.9. The molecule has 7 aromatic heterocycles. The number of aromatic amines is 1. The smallest absolute Gasteiger partial charge is 0.399 e. The second-order valence-corrected chi connectivity index (χ2v) is 39.4. The molecule has 1 aliphatic heterocycles. The Bertz CT molecular complexity index is 9150. The maximum atomic E-state index is 6.27. The molecule has 146 heavy (non-hydrogen) atoms. The van der Waals surface area contributed by atoms with E-state index in [1.807, 2.05) is 48.5 Å². The Kier molecular flexibility index (Phi) is 26.6. The standard InChI is InChI=1S/C47H31N3.C30H20N2.C24H24BNO2.C17H12BrN.C13H9Br.3CH4/c1-4-14-32(15-5-1)36-30-42(33-16-6-2-7-17-33)48-47(31-36)50-44-23-13-11-21-39(44)41-29-35(25-27-46(41)50)34-24-26-45-40(28-34)38-20-10-12-22-43(38)49(45)37-18-8-3-9-19-37;1-2-8-22(9-3-1)32-29-13-7-5-11-24(29)26-19-21(15-17-30(26)32)20-14-16-28-25(18-20)23-10-4-6-12-27(23)31-28;1-23(2)24(3,4)28-25(27-23)17-14-15-22-20(16-17)19-12-8-9-13-21(19)26(22)18-10-6-5-7-11-18;18-17-12-15(13-7-3-1-4-8-13)11-16(19-17)14-9-5-2-6-10-14;14-11-6-5-10-7-9-3-1-2-4-12(9)13(10)8-11;;;/h1-31H;1-19,31H;5-16H,1-4H3;1-12H;1-6,8H,7H2;3*1H4. The highest BCUT2D eigenvalue weighted by Crippen LogP contribution is 2.45. The molecule has 1 N–H and O–H groups in total. The predicted molar refractivity (Wildman–Crippen MR) is 627 cm³/mol. The third-order valence-corrected chi connectivity index (χ3v) is 29.3. The fraction of sp³-hybridized carbons (Fsp3) is 0.0746. The Morgan fingerprint density at radius 2 is 0.582 bits per heavy atom. The van der Waals surface area contributed by atoms with Gasteiger partial charge in [0.1, 0.15) is 10.4 Å². The molecule has 12 heteroatoms. The average molecular weight is 2020 g/mol. The summed E-state index contributed by atoms with van der Waals surface area (Å²) in [5.41, 5.74) is 35.1. The largest absolute Gasteiger partial charge is 0.494 e. The molecule has 0 spiro atoms. The van der Waals surface area contributed by atoms with Gasteiger partial charge in [0, 0.05) is 97.6 Å². The van der Waals surface area contributed by atoms with Crippen molar-refractivity contribution in [3.63, 3.8) is 0 Å². The third kappa shape index (κ3) is 18.2. The second-order valence-electron chi connectivity index (χ2n) is 37.7. The molecule has 708 valence electrons. The molecule has 1 fully saturated rings. The van der Waals surface area contributed by atoms with E-state index in [1.165, 1.54) is 171 Å². The van der Waals surface area contributed by atoms with E-state index in [-0.39, 0.29) is 40.6 Å². The Hall–Kier alpha value is -16.6. The molecular weight excluding hydrogens is 1910 g/mol. The zero-order valence-electron chi connectivity index (χ0n) is 79.3. The number of para-hydroxylation sites is 8. The molecule has 1 aliphatic carbocycles. The summed E-state index contributed by atoms with van der Waals surface area (Å²) in [6.07, 6.45) is 1.08. The molecule has 8 heterocycles. The van der Waals surface area contributed by atoms with Crippen LogP contribution in [0.4, 0.5) is 0 Å². The first kappa shape index (κ1) is 95.6. The van der Waals surface area contributed by atoms with Gasteiger partial charge in [0.25, 0.3) is 0 Å². The predicted octanol–water partition coefficient (Wildman–Crippen LogP) is 36.6. The molecule has 0 radical (unpaired) electrons. The Balaban J connectivity index is 0.000000114. The molecule has 0 atom stereocenters. The van der Waals surface area contributed by atoms with Crippen LogP contribution in [0, 0.1) is 0 Å². The van der Waals surface area contributed by atoms with Gasteiger partial charge in [-0.25, -0.2) is 9.97 Å². The number of hydrogen-bond donors (Lipinski definition) is 1. The number of fused-ring (bicyclic) bond motifs is 18. The summed E-state index contributed by atoms with van der Waals surface area (Å²) in [6, 6.07) is 174. The van der Waals surface area contributed by atoms with Crippen LogP contribution in [0.5, 0.6) is 0 Å². The van der Waals surface area contributed by atoms with Crippen LogP contribution in [0.15, 0.2) is 500 Å². The lowest BCUT2D eigenvalue weighted by atomic mass is 9.78. The van der Waals surface area contributed by atoms with Gasteiger partial charge < -0.3 is 28.0 Å². The van der Waals surface area contributed by atoms with Crippen molar-refractivity contribution in [1.82, 2.24) is 33.2 Å². The van der Waals surface area contributed by atoms with Crippen molar-refractivity contribution < 1.29 is 9.31 Å². The summed E-state index contributed by atoms with van der Waals surface area (Å²) in [6.45, 7) is 8.36. The van der Waals surface area contributed by atoms with Crippen LogP contribution in [0.25, 0.3) is 210 Å². The molecule has 0 amide bonds. The molecule has 0 saturated carbocycles. The lowest BCUT2D eigenvalue weighted by Crippen LogP contribution is -2.41. The third-order valence-electron chi connectivity index (χ3n) is 28.4. The first-order chi connectivity index (χ1) is 70.2. The van der Waals surface area contributed by atoms with Crippen molar-refractivity contribution in [3.8, 4) is 101 Å². The summed E-state index contributed by atoms with van der Waals surface area (Å²) in [5, 5.41) is 12.5. The number of aromatic nitrogens is 7. The number of nitrogens with one attached hydrogen (secondary N) is 1. The molecule has 0 unspecified atom stereocenters. The summed E-state index contributed by atoms with van der Waals surface area (Å²) in [4.78, 5) is 13.4. The SMILES string of the molecule is Brc1cc(-c2ccccc2)cc(-c2ccccc2)n1.Brc1ccc2c(c1)-c1ccccc1C2.C.C.C.CC1(C)OB(c2ccc3c(c2)c2ccccc2n3-c2ccccc2)OC1(C)C.c1ccc(-c2cc(-c3ccccc3)nc(-n3c4ccccc4c4cc(-c5ccc6c(c5)c5ccccc5n6-c5ccccc5)ccc43)c2)cc1.c1ccc(-n2c3ccccc3c3cc(-c4ccc5[nH]c6ccccc6c5c4)ccc32)cc1. The Labute approximate surface area is 869 Å². The van der Waals surface area contributed by atoms with Crippen LogP contribution in [0.1, 0.15) is 61.1 Å². The van der Waals surface area contributed by atoms with Gasteiger partial charge in [-0.2, -0.15) is 0 Å². The van der Waals surface area contributed by atoms with Crippen molar-refractivity contribution in [2.45, 2.75) is 67.6 Å². The summed E-state index contributed by atoms with van der Waals surface area (Å²) < 4.78 is 23.9. The lowest BCUT2D eigenvalue weighted by Gasteiger charge is -2.32. The quantitative estimate of drug-likeness (QED) is 0.103. The minimum atomic E-state index is -0.353. The van der Waals surface area contributed by atoms with Gasteiger partial charge in [-0.05, 0) is 280 Å². The Morgan fingerprint density at radius 3 is 1.05 bits per heavy atom. The number of nitrogens with zero attached hydrogens (tertiary/aromatic N) is 6. The first-order valence-electron chi connectivity index (χ1n) is 48.7. The number of H-pyrrole nitrogens is 1. The van der Waals surface area contributed by atoms with Gasteiger partial charge in [-0.3, -0.25) is 4.57 Å². The molecule has 26 aromatic rings. The van der Waals surface area contributed by atoms with Crippen molar-refractivity contribution in [1.29, 1.82) is 0 Å². The molecule has 1 saturated heterocycles. The van der Waals surface area contributed by atoms with Crippen molar-refractivity contribution in [3.05, 3.63) is 512 Å². The van der Waals surface area contributed by atoms with Gasteiger partial charge in [0.05, 0.1) is 66.7 Å². The van der Waals surface area contributed by atoms with Crippen LogP contribution in [-0.2, 0) is 15.7 Å². The van der Waals surface area contributed by atoms with Crippen molar-refractivity contribution >= 4 is 153 Å². The van der Waals surface area contributed by atoms with Gasteiger partial charge in [-0.1, -0.05) is 372 Å². The fourth-order valence-electron chi connectivity index (χ4n) is 20.7. The van der Waals surface area contributed by atoms with Crippen LogP contribution in [0.3, 0.4) is 0 Å². The number of rotatable bonds is 11. The minimum absolute atomic E-state index is 0. The van der Waals surface area contributed by atoms with E-state index in [1.54, 1.807) is 0 Å². The van der Waals surface area contributed by atoms with Gasteiger partial charge in [0.15, 0.2) is 0 Å². The van der Waals surface area contributed by atoms with E-state index in [0.29, 0.717) is 0 Å². The monoisotopic (exact) mass is 2020 g/mol. The topological polar surface area (TPSA) is 79.8 Å². The minimum Gasteiger partial charge on any atom is -0.399 e. The maximum Gasteiger partial charge on any atom is 0.494 e. The number of benzene rings is 19. The normalized spacial score (nSPS) is 12.6. The summed E-state index contributed by atoms with van der Waals surface area (Å²) >= 11 is 7.01. The van der Waals surface area contributed by atoms with Crippen LogP contribution in [-0.4, -0.2) is 51.5 Å². The van der Waals surface area contributed by atoms with Gasteiger partial charge in [0.2, 0.25) is 0 Å². The lowest BCUT2D eigenvalue weighted by molar-refractivity contribution is 0.00578. The van der Waals surface area contributed by atoms with E-state index < -0.39 is 0 Å². The molecule has 2 aliphatic rings. The molecule has 9 nitrogen and oxygen atoms in total. The Morgan fingerprint density at radius 1 is 0.247 bits per heavy atom. The van der Waals surface area contributed by atoms with Crippen molar-refractivity contribution in [2.24, 2.45) is 0 Å². The van der Waals surface area contributed by atoms with Crippen molar-refractivity contribution in [2.75, 3.05) is 0 Å². The average Bonchev–Trinajstić information content (AvgIpc) is 1.59. The van der Waals surface area contributed by atoms with E-state index >= 15 is 0 Å². The van der Waals surface area contributed by atoms with Crippen LogP contribution < -0.4 is 5.46 Å². The summed E-state index contributed by atoms with van der Waals surface area (Å²) in [7, 11) is -0.353. The zero-order valence-corrected chi connectivity index (χ0v) is 82.5. The zero-order chi connectivity index (χ0) is 96.2. The van der Waals surface area contributed by atoms with Crippen LogP contribution >= 0.6 is 31.9 Å². The van der Waals surface area contributed by atoms with Gasteiger partial charge in [-0.15, -0.1) is 0 Å². The molecule has 19 aromatic carbocycles. The highest BCUT2D eigenvalue weighted by Gasteiger charge is 2.52. The van der Waals surface area contributed by atoms with E-state index in [0.717, 1.165) is 71.6 Å². The van der Waals surface area contributed by atoms with Crippen LogP contribution in [0.2, 0.25) is 0 Å². The fourth-order valence-corrected chi connectivity index (χ4v) is 21.5. The summed E-state index contributed by atoms with van der Waals surface area (Å²) in [5.74, 6) is 0.902. The number of hydrogen-bond acceptors (Lipinski definition) is 4. The first-order valence-corrected chi connectivity index (χ1v) is 50.2. The number of pyridine rings is 2. The van der Waals surface area contributed by atoms with E-state index in [2.05, 4.69) is 531 Å². The second kappa shape index (κ2) is 40.7.